The van der Waals surface area contributed by atoms with Gasteiger partial charge in [-0.15, -0.1) is 0 Å². The summed E-state index contributed by atoms with van der Waals surface area (Å²) in [7, 11) is -0.825. The average molecular weight is 334 g/mol. The first-order valence-electron chi connectivity index (χ1n) is 8.25. The van der Waals surface area contributed by atoms with E-state index in [4.69, 9.17) is 18.6 Å². The molecule has 24 heavy (non-hydrogen) atoms. The lowest BCUT2D eigenvalue weighted by Crippen LogP contribution is -2.51. The minimum atomic E-state index is -0.412. The third kappa shape index (κ3) is 3.85. The molecule has 6 nitrogen and oxygen atoms in total. The van der Waals surface area contributed by atoms with E-state index in [1.165, 1.54) is 0 Å². The van der Waals surface area contributed by atoms with E-state index < -0.39 is 14.2 Å². The van der Waals surface area contributed by atoms with Gasteiger partial charge < -0.3 is 28.8 Å². The van der Waals surface area contributed by atoms with Crippen molar-refractivity contribution in [1.82, 2.24) is 0 Å². The molecule has 0 aromatic heterocycles. The van der Waals surface area contributed by atoms with Crippen LogP contribution in [0.1, 0.15) is 13.8 Å². The van der Waals surface area contributed by atoms with Crippen molar-refractivity contribution < 1.29 is 28.8 Å². The second-order valence-electron chi connectivity index (χ2n) is 7.51. The molecule has 8 heteroatoms. The maximum absolute atomic E-state index is 9.34. The second-order valence-corrected chi connectivity index (χ2v) is 7.51. The monoisotopic (exact) mass is 334 g/mol. The van der Waals surface area contributed by atoms with E-state index in [0.29, 0.717) is 26.4 Å². The minimum Gasteiger partial charge on any atom is -0.407 e. The molecule has 0 bridgehead atoms. The average Bonchev–Trinajstić information content (AvgIpc) is 2.63. The van der Waals surface area contributed by atoms with Crippen LogP contribution in [-0.4, -0.2) is 64.1 Å². The molecule has 2 saturated heterocycles. The van der Waals surface area contributed by atoms with Crippen LogP contribution in [0.3, 0.4) is 0 Å². The van der Waals surface area contributed by atoms with Crippen molar-refractivity contribution in [3.63, 3.8) is 0 Å². The van der Waals surface area contributed by atoms with Gasteiger partial charge in [-0.05, 0) is 10.9 Å². The van der Waals surface area contributed by atoms with Crippen molar-refractivity contribution in [3.8, 4) is 0 Å². The topological polar surface area (TPSA) is 77.4 Å². The molecule has 1 aromatic carbocycles. The lowest BCUT2D eigenvalue weighted by atomic mass is 9.71. The molecule has 0 spiro atoms. The van der Waals surface area contributed by atoms with Crippen molar-refractivity contribution in [2.24, 2.45) is 10.8 Å². The first-order valence-corrected chi connectivity index (χ1v) is 8.25. The summed E-state index contributed by atoms with van der Waals surface area (Å²) >= 11 is 0. The number of hydrogen-bond acceptors (Lipinski definition) is 6. The smallest absolute Gasteiger partial charge is 0.407 e. The van der Waals surface area contributed by atoms with Gasteiger partial charge in [-0.25, -0.2) is 0 Å². The van der Waals surface area contributed by atoms with Gasteiger partial charge in [0.15, 0.2) is 0 Å². The maximum atomic E-state index is 9.34. The van der Waals surface area contributed by atoms with Crippen molar-refractivity contribution in [2.45, 2.75) is 13.8 Å². The van der Waals surface area contributed by atoms with Crippen LogP contribution >= 0.6 is 0 Å². The Morgan fingerprint density at radius 2 is 1.04 bits per heavy atom. The van der Waals surface area contributed by atoms with Crippen LogP contribution in [0.2, 0.25) is 0 Å². The van der Waals surface area contributed by atoms with Gasteiger partial charge in [0.25, 0.3) is 0 Å². The van der Waals surface area contributed by atoms with E-state index in [2.05, 4.69) is 0 Å². The highest BCUT2D eigenvalue weighted by Gasteiger charge is 2.38. The van der Waals surface area contributed by atoms with E-state index in [1.807, 2.05) is 38.1 Å². The Balaban J connectivity index is 1.59. The zero-order chi connectivity index (χ0) is 17.2. The summed E-state index contributed by atoms with van der Waals surface area (Å²) in [6, 6.07) is 7.75. The van der Waals surface area contributed by atoms with Gasteiger partial charge in [-0.1, -0.05) is 38.1 Å². The molecule has 130 valence electrons. The standard InChI is InChI=1S/C16H24B2O6/c1-15(7-19)9-21-17(22-10-15)13-3-5-14(6-4-13)18-23-11-16(2,8-20)12-24-18/h3-6,19-20H,7-12H2,1-2H3. The second kappa shape index (κ2) is 7.15. The van der Waals surface area contributed by atoms with Gasteiger partial charge in [0, 0.05) is 37.3 Å². The van der Waals surface area contributed by atoms with Crippen molar-refractivity contribution >= 4 is 25.2 Å². The van der Waals surface area contributed by atoms with E-state index in [-0.39, 0.29) is 24.0 Å². The lowest BCUT2D eigenvalue weighted by Gasteiger charge is -2.35. The van der Waals surface area contributed by atoms with Crippen molar-refractivity contribution in [3.05, 3.63) is 24.3 Å². The van der Waals surface area contributed by atoms with Gasteiger partial charge in [0.2, 0.25) is 0 Å². The molecular formula is C16H24B2O6. The van der Waals surface area contributed by atoms with Crippen LogP contribution in [0.5, 0.6) is 0 Å². The highest BCUT2D eigenvalue weighted by Crippen LogP contribution is 2.23. The summed E-state index contributed by atoms with van der Waals surface area (Å²) in [6.45, 7) is 5.81. The van der Waals surface area contributed by atoms with Crippen LogP contribution in [0.4, 0.5) is 0 Å². The van der Waals surface area contributed by atoms with Crippen LogP contribution < -0.4 is 10.9 Å². The van der Waals surface area contributed by atoms with Crippen LogP contribution in [-0.2, 0) is 18.6 Å². The number of rotatable bonds is 4. The van der Waals surface area contributed by atoms with Gasteiger partial charge in [0.05, 0.1) is 13.2 Å². The van der Waals surface area contributed by atoms with Crippen molar-refractivity contribution in [1.29, 1.82) is 0 Å². The number of benzene rings is 1. The largest absolute Gasteiger partial charge is 0.493 e. The first kappa shape index (κ1) is 17.9. The Bertz CT molecular complexity index is 487. The Labute approximate surface area is 143 Å². The Morgan fingerprint density at radius 1 is 0.750 bits per heavy atom. The molecule has 2 N–H and O–H groups in total. The highest BCUT2D eigenvalue weighted by atomic mass is 16.6. The molecule has 0 atom stereocenters. The zero-order valence-corrected chi connectivity index (χ0v) is 14.2. The van der Waals surface area contributed by atoms with E-state index in [9.17, 15) is 10.2 Å². The molecular weight excluding hydrogens is 310 g/mol. The summed E-state index contributed by atoms with van der Waals surface area (Å²) < 4.78 is 22.9. The van der Waals surface area contributed by atoms with Crippen LogP contribution in [0.25, 0.3) is 0 Å². The van der Waals surface area contributed by atoms with Crippen LogP contribution in [0.15, 0.2) is 24.3 Å². The van der Waals surface area contributed by atoms with E-state index >= 15 is 0 Å². The van der Waals surface area contributed by atoms with E-state index in [1.54, 1.807) is 0 Å². The molecule has 2 heterocycles. The molecule has 0 aliphatic carbocycles. The Hall–Kier alpha value is -0.890. The molecule has 0 saturated carbocycles. The number of hydrogen-bond donors (Lipinski definition) is 2. The summed E-state index contributed by atoms with van der Waals surface area (Å²) in [5, 5.41) is 18.7. The number of aliphatic hydroxyl groups is 2. The number of aliphatic hydroxyl groups excluding tert-OH is 2. The predicted molar refractivity (Wildman–Crippen MR) is 91.4 cm³/mol. The zero-order valence-electron chi connectivity index (χ0n) is 14.2. The van der Waals surface area contributed by atoms with Gasteiger partial charge >= 0.3 is 14.2 Å². The fourth-order valence-electron chi connectivity index (χ4n) is 2.66. The van der Waals surface area contributed by atoms with Gasteiger partial charge in [0.1, 0.15) is 0 Å². The van der Waals surface area contributed by atoms with E-state index in [0.717, 1.165) is 10.9 Å². The fourth-order valence-corrected chi connectivity index (χ4v) is 2.66. The quantitative estimate of drug-likeness (QED) is 0.700. The third-order valence-corrected chi connectivity index (χ3v) is 4.58. The molecule has 2 aliphatic rings. The van der Waals surface area contributed by atoms with Gasteiger partial charge in [-0.2, -0.15) is 0 Å². The predicted octanol–water partition coefficient (Wildman–Crippen LogP) is -0.832. The highest BCUT2D eigenvalue weighted by molar-refractivity contribution is 6.63. The maximum Gasteiger partial charge on any atom is 0.493 e. The SMILES string of the molecule is CC1(CO)COB(c2ccc(B3OCC(C)(CO)CO3)cc2)OC1. The summed E-state index contributed by atoms with van der Waals surface area (Å²) in [5.74, 6) is 0. The molecule has 0 radical (unpaired) electrons. The van der Waals surface area contributed by atoms with Crippen LogP contribution in [0, 0.1) is 10.8 Å². The Morgan fingerprint density at radius 3 is 1.29 bits per heavy atom. The fraction of sp³-hybridized carbons (Fsp3) is 0.625. The molecule has 0 unspecified atom stereocenters. The molecule has 1 aromatic rings. The molecule has 2 aliphatic heterocycles. The summed E-state index contributed by atoms with van der Waals surface area (Å²) in [6.07, 6.45) is 0. The normalized spacial score (nSPS) is 23.3. The summed E-state index contributed by atoms with van der Waals surface area (Å²) in [4.78, 5) is 0. The molecule has 2 fully saturated rings. The summed E-state index contributed by atoms with van der Waals surface area (Å²) in [5.41, 5.74) is 1.18. The first-order chi connectivity index (χ1) is 11.5. The van der Waals surface area contributed by atoms with Gasteiger partial charge in [-0.3, -0.25) is 0 Å². The third-order valence-electron chi connectivity index (χ3n) is 4.58. The van der Waals surface area contributed by atoms with Crippen molar-refractivity contribution in [2.75, 3.05) is 39.6 Å². The minimum absolute atomic E-state index is 0.0434. The lowest BCUT2D eigenvalue weighted by molar-refractivity contribution is -0.0148. The molecule has 0 amide bonds. The Kier molecular flexibility index (Phi) is 5.34. The molecule has 3 rings (SSSR count).